The first-order valence-electron chi connectivity index (χ1n) is 8.78. The van der Waals surface area contributed by atoms with Crippen molar-refractivity contribution in [3.05, 3.63) is 35.1 Å². The summed E-state index contributed by atoms with van der Waals surface area (Å²) in [6, 6.07) is 2.26. The summed E-state index contributed by atoms with van der Waals surface area (Å²) in [6.07, 6.45) is 7.95. The van der Waals surface area contributed by atoms with Gasteiger partial charge in [-0.15, -0.1) is 24.2 Å². The number of thioether (sulfide) groups is 1. The van der Waals surface area contributed by atoms with Crippen LogP contribution >= 0.6 is 24.2 Å². The molecule has 0 unspecified atom stereocenters. The molecule has 0 radical (unpaired) electrons. The molecule has 26 heavy (non-hydrogen) atoms. The van der Waals surface area contributed by atoms with Crippen LogP contribution in [0.15, 0.2) is 29.6 Å². The molecule has 2 aromatic heterocycles. The molecule has 2 aromatic rings. The number of amides is 1. The van der Waals surface area contributed by atoms with Crippen molar-refractivity contribution in [1.29, 1.82) is 0 Å². The molecule has 140 valence electrons. The van der Waals surface area contributed by atoms with E-state index >= 15 is 0 Å². The standard InChI is InChI=1S/C18H23N5OS.ClH/c1-12-9-21-17-16(12)14(4-6-20-17)23-7-8-25-15(11-23)18(24)22-13-3-2-5-19-10-13;/h4,6,9,11,13,19H,2-3,5,7-8,10H2,1H3,(H,20,21)(H,22,24);1H/t13-;/m1./s1. The number of nitrogens with one attached hydrogen (secondary N) is 3. The summed E-state index contributed by atoms with van der Waals surface area (Å²) in [6.45, 7) is 4.87. The summed E-state index contributed by atoms with van der Waals surface area (Å²) in [4.78, 5) is 23.2. The summed E-state index contributed by atoms with van der Waals surface area (Å²) in [5.41, 5.74) is 3.17. The largest absolute Gasteiger partial charge is 0.348 e. The molecule has 1 amide bonds. The fourth-order valence-corrected chi connectivity index (χ4v) is 4.38. The number of pyridine rings is 1. The molecule has 2 aliphatic heterocycles. The van der Waals surface area contributed by atoms with Crippen molar-refractivity contribution in [3.63, 3.8) is 0 Å². The van der Waals surface area contributed by atoms with E-state index in [9.17, 15) is 4.79 Å². The highest BCUT2D eigenvalue weighted by Crippen LogP contribution is 2.32. The summed E-state index contributed by atoms with van der Waals surface area (Å²) in [5, 5.41) is 7.63. The zero-order valence-corrected chi connectivity index (χ0v) is 16.4. The summed E-state index contributed by atoms with van der Waals surface area (Å²) < 4.78 is 0. The van der Waals surface area contributed by atoms with Crippen molar-refractivity contribution in [1.82, 2.24) is 20.6 Å². The molecule has 1 atom stereocenters. The molecule has 0 saturated carbocycles. The highest BCUT2D eigenvalue weighted by atomic mass is 35.5. The predicted molar refractivity (Wildman–Crippen MR) is 110 cm³/mol. The van der Waals surface area contributed by atoms with E-state index in [2.05, 4.69) is 32.4 Å². The molecule has 0 spiro atoms. The topological polar surface area (TPSA) is 73.0 Å². The van der Waals surface area contributed by atoms with Crippen LogP contribution in [0, 0.1) is 6.92 Å². The number of H-pyrrole nitrogens is 1. The Bertz CT molecular complexity index is 815. The van der Waals surface area contributed by atoms with Gasteiger partial charge < -0.3 is 20.5 Å². The molecule has 0 aliphatic carbocycles. The lowest BCUT2D eigenvalue weighted by Gasteiger charge is -2.28. The summed E-state index contributed by atoms with van der Waals surface area (Å²) >= 11 is 1.63. The molecule has 0 aromatic carbocycles. The number of hydrogen-bond donors (Lipinski definition) is 3. The number of carbonyl (C=O) groups is 1. The van der Waals surface area contributed by atoms with Crippen LogP contribution in [0.4, 0.5) is 5.69 Å². The van der Waals surface area contributed by atoms with E-state index < -0.39 is 0 Å². The van der Waals surface area contributed by atoms with Gasteiger partial charge in [0.25, 0.3) is 5.91 Å². The Morgan fingerprint density at radius 1 is 1.46 bits per heavy atom. The van der Waals surface area contributed by atoms with Crippen LogP contribution in [0.2, 0.25) is 0 Å². The maximum Gasteiger partial charge on any atom is 0.259 e. The monoisotopic (exact) mass is 393 g/mol. The Labute approximate surface area is 163 Å². The number of halogens is 1. The lowest BCUT2D eigenvalue weighted by Crippen LogP contribution is -2.46. The van der Waals surface area contributed by atoms with E-state index in [0.29, 0.717) is 0 Å². The predicted octanol–water partition coefficient (Wildman–Crippen LogP) is 2.56. The van der Waals surface area contributed by atoms with Crippen LogP contribution < -0.4 is 15.5 Å². The van der Waals surface area contributed by atoms with Crippen molar-refractivity contribution in [2.24, 2.45) is 0 Å². The van der Waals surface area contributed by atoms with E-state index in [-0.39, 0.29) is 24.4 Å². The Morgan fingerprint density at radius 2 is 2.35 bits per heavy atom. The van der Waals surface area contributed by atoms with E-state index in [1.54, 1.807) is 11.8 Å². The van der Waals surface area contributed by atoms with Crippen molar-refractivity contribution in [2.45, 2.75) is 25.8 Å². The summed E-state index contributed by atoms with van der Waals surface area (Å²) in [5.74, 6) is 0.939. The lowest BCUT2D eigenvalue weighted by atomic mass is 10.1. The highest BCUT2D eigenvalue weighted by Gasteiger charge is 2.23. The Kier molecular flexibility index (Phi) is 6.11. The average molecular weight is 394 g/mol. The van der Waals surface area contributed by atoms with Crippen molar-refractivity contribution in [3.8, 4) is 0 Å². The summed E-state index contributed by atoms with van der Waals surface area (Å²) in [7, 11) is 0. The first kappa shape index (κ1) is 19.1. The van der Waals surface area contributed by atoms with Crippen LogP contribution in [0.25, 0.3) is 11.0 Å². The third-order valence-electron chi connectivity index (χ3n) is 4.78. The van der Waals surface area contributed by atoms with Gasteiger partial charge in [0.2, 0.25) is 0 Å². The molecule has 0 bridgehead atoms. The minimum absolute atomic E-state index is 0. The lowest BCUT2D eigenvalue weighted by molar-refractivity contribution is -0.117. The molecule has 4 rings (SSSR count). The second kappa shape index (κ2) is 8.33. The van der Waals surface area contributed by atoms with Crippen molar-refractivity contribution < 1.29 is 4.79 Å². The van der Waals surface area contributed by atoms with E-state index in [4.69, 9.17) is 0 Å². The molecule has 3 N–H and O–H groups in total. The van der Waals surface area contributed by atoms with E-state index in [1.807, 2.05) is 24.7 Å². The molecule has 6 nitrogen and oxygen atoms in total. The number of hydrogen-bond acceptors (Lipinski definition) is 5. The quantitative estimate of drug-likeness (QED) is 0.747. The second-order valence-electron chi connectivity index (χ2n) is 6.58. The molecular formula is C18H24ClN5OS. The van der Waals surface area contributed by atoms with Gasteiger partial charge in [-0.1, -0.05) is 0 Å². The number of aryl methyl sites for hydroxylation is 1. The second-order valence-corrected chi connectivity index (χ2v) is 7.71. The van der Waals surface area contributed by atoms with Crippen LogP contribution in [0.3, 0.4) is 0 Å². The van der Waals surface area contributed by atoms with Crippen molar-refractivity contribution in [2.75, 3.05) is 30.3 Å². The number of nitrogens with zero attached hydrogens (tertiary/aromatic N) is 2. The number of fused-ring (bicyclic) bond motifs is 1. The highest BCUT2D eigenvalue weighted by molar-refractivity contribution is 8.04. The van der Waals surface area contributed by atoms with Crippen LogP contribution in [0.5, 0.6) is 0 Å². The number of piperidine rings is 1. The van der Waals surface area contributed by atoms with E-state index in [1.165, 1.54) is 5.56 Å². The molecular weight excluding hydrogens is 370 g/mol. The Balaban J connectivity index is 0.00000196. The van der Waals surface area contributed by atoms with Gasteiger partial charge in [0, 0.05) is 48.9 Å². The minimum atomic E-state index is 0. The number of rotatable bonds is 3. The van der Waals surface area contributed by atoms with Crippen molar-refractivity contribution >= 4 is 46.8 Å². The smallest absolute Gasteiger partial charge is 0.259 e. The van der Waals surface area contributed by atoms with Gasteiger partial charge in [-0.2, -0.15) is 0 Å². The van der Waals surface area contributed by atoms with Crippen LogP contribution in [0.1, 0.15) is 18.4 Å². The first-order chi connectivity index (χ1) is 12.2. The number of anilines is 1. The Hall–Kier alpha value is -1.70. The molecule has 1 fully saturated rings. The molecule has 1 saturated heterocycles. The first-order valence-corrected chi connectivity index (χ1v) is 9.76. The molecule has 8 heteroatoms. The van der Waals surface area contributed by atoms with Crippen LogP contribution in [-0.2, 0) is 4.79 Å². The minimum Gasteiger partial charge on any atom is -0.348 e. The third-order valence-corrected chi connectivity index (χ3v) is 5.77. The van der Waals surface area contributed by atoms with Gasteiger partial charge >= 0.3 is 0 Å². The number of aromatic nitrogens is 2. The number of carbonyl (C=O) groups excluding carboxylic acids is 1. The SMILES string of the molecule is Cc1c[nH]c2nccc(N3C=C(C(=O)N[C@@H]4CCCNC4)SCC3)c12.Cl. The number of aromatic amines is 1. The van der Waals surface area contributed by atoms with E-state index in [0.717, 1.165) is 59.9 Å². The Morgan fingerprint density at radius 3 is 3.15 bits per heavy atom. The van der Waals surface area contributed by atoms with Gasteiger partial charge in [-0.25, -0.2) is 4.98 Å². The normalized spacial score (nSPS) is 20.4. The average Bonchev–Trinajstić information content (AvgIpc) is 3.04. The zero-order valence-electron chi connectivity index (χ0n) is 14.7. The zero-order chi connectivity index (χ0) is 17.2. The molecule has 2 aliphatic rings. The van der Waals surface area contributed by atoms with Gasteiger partial charge in [-0.05, 0) is 37.9 Å². The van der Waals surface area contributed by atoms with Gasteiger partial charge in [0.1, 0.15) is 5.65 Å². The molecule has 4 heterocycles. The maximum absolute atomic E-state index is 12.7. The fourth-order valence-electron chi connectivity index (χ4n) is 3.48. The fraction of sp³-hybridized carbons (Fsp3) is 0.444. The van der Waals surface area contributed by atoms with Gasteiger partial charge in [-0.3, -0.25) is 4.79 Å². The maximum atomic E-state index is 12.7. The van der Waals surface area contributed by atoms with Gasteiger partial charge in [0.15, 0.2) is 0 Å². The van der Waals surface area contributed by atoms with Gasteiger partial charge in [0.05, 0.1) is 10.6 Å². The van der Waals surface area contributed by atoms with Crippen LogP contribution in [-0.4, -0.2) is 47.3 Å². The third kappa shape index (κ3) is 3.84.